The Morgan fingerprint density at radius 3 is 2.54 bits per heavy atom. The van der Waals surface area contributed by atoms with Crippen LogP contribution in [0.4, 0.5) is 0 Å². The minimum absolute atomic E-state index is 0.0601. The standard InChI is InChI=1S/C9H17N3O/c1-3-7(5-6-10)12-9(13)8(11)4-2/h7-8H,3-5,11H2,1-2H3,(H,12,13)/t7?,8-/m0/s1. The van der Waals surface area contributed by atoms with Crippen molar-refractivity contribution in [1.29, 1.82) is 5.26 Å². The van der Waals surface area contributed by atoms with Crippen LogP contribution in [-0.2, 0) is 4.79 Å². The molecule has 0 saturated carbocycles. The van der Waals surface area contributed by atoms with E-state index in [1.165, 1.54) is 0 Å². The molecular formula is C9H17N3O. The van der Waals surface area contributed by atoms with Crippen LogP contribution in [0.3, 0.4) is 0 Å². The minimum Gasteiger partial charge on any atom is -0.351 e. The second-order valence-electron chi connectivity index (χ2n) is 2.99. The molecule has 4 heteroatoms. The lowest BCUT2D eigenvalue weighted by molar-refractivity contribution is -0.123. The summed E-state index contributed by atoms with van der Waals surface area (Å²) in [6.45, 7) is 3.79. The predicted molar refractivity (Wildman–Crippen MR) is 50.7 cm³/mol. The largest absolute Gasteiger partial charge is 0.351 e. The molecule has 0 aliphatic carbocycles. The van der Waals surface area contributed by atoms with Crippen LogP contribution in [0.1, 0.15) is 33.1 Å². The molecule has 1 amide bonds. The summed E-state index contributed by atoms with van der Waals surface area (Å²) < 4.78 is 0. The average Bonchev–Trinajstić information content (AvgIpc) is 2.15. The summed E-state index contributed by atoms with van der Waals surface area (Å²) in [4.78, 5) is 11.3. The maximum atomic E-state index is 11.3. The van der Waals surface area contributed by atoms with E-state index in [-0.39, 0.29) is 11.9 Å². The molecule has 13 heavy (non-hydrogen) atoms. The minimum atomic E-state index is -0.451. The average molecular weight is 183 g/mol. The van der Waals surface area contributed by atoms with Crippen molar-refractivity contribution in [2.75, 3.05) is 0 Å². The second kappa shape index (κ2) is 6.44. The molecule has 2 atom stereocenters. The molecule has 0 spiro atoms. The topological polar surface area (TPSA) is 78.9 Å². The summed E-state index contributed by atoms with van der Waals surface area (Å²) >= 11 is 0. The van der Waals surface area contributed by atoms with E-state index in [9.17, 15) is 4.79 Å². The van der Waals surface area contributed by atoms with Crippen LogP contribution in [0.5, 0.6) is 0 Å². The van der Waals surface area contributed by atoms with E-state index in [0.29, 0.717) is 12.8 Å². The first-order valence-electron chi connectivity index (χ1n) is 4.58. The van der Waals surface area contributed by atoms with E-state index in [2.05, 4.69) is 5.32 Å². The van der Waals surface area contributed by atoms with Crippen molar-refractivity contribution in [1.82, 2.24) is 5.32 Å². The molecule has 1 unspecified atom stereocenters. The summed E-state index contributed by atoms with van der Waals surface area (Å²) in [5, 5.41) is 11.2. The van der Waals surface area contributed by atoms with E-state index >= 15 is 0 Å². The highest BCUT2D eigenvalue weighted by Crippen LogP contribution is 1.97. The number of amides is 1. The number of hydrogen-bond acceptors (Lipinski definition) is 3. The van der Waals surface area contributed by atoms with E-state index in [1.807, 2.05) is 19.9 Å². The first-order chi connectivity index (χ1) is 6.15. The number of nitrogens with two attached hydrogens (primary N) is 1. The Labute approximate surface area is 79.1 Å². The number of hydrogen-bond donors (Lipinski definition) is 2. The molecule has 0 aromatic heterocycles. The third kappa shape index (κ3) is 4.48. The molecule has 0 radical (unpaired) electrons. The van der Waals surface area contributed by atoms with Gasteiger partial charge in [-0.1, -0.05) is 13.8 Å². The summed E-state index contributed by atoms with van der Waals surface area (Å²) in [5.74, 6) is -0.162. The third-order valence-corrected chi connectivity index (χ3v) is 1.95. The van der Waals surface area contributed by atoms with E-state index < -0.39 is 6.04 Å². The quantitative estimate of drug-likeness (QED) is 0.652. The molecule has 4 nitrogen and oxygen atoms in total. The van der Waals surface area contributed by atoms with Gasteiger partial charge in [-0.25, -0.2) is 0 Å². The Balaban J connectivity index is 3.94. The Kier molecular flexibility index (Phi) is 5.90. The third-order valence-electron chi connectivity index (χ3n) is 1.95. The maximum Gasteiger partial charge on any atom is 0.237 e. The molecule has 3 N–H and O–H groups in total. The number of nitrogens with zero attached hydrogens (tertiary/aromatic N) is 1. The van der Waals surface area contributed by atoms with Gasteiger partial charge in [-0.3, -0.25) is 4.79 Å². The highest BCUT2D eigenvalue weighted by atomic mass is 16.2. The Hall–Kier alpha value is -1.08. The van der Waals surface area contributed by atoms with Gasteiger partial charge in [0.1, 0.15) is 0 Å². The number of nitrogens with one attached hydrogen (secondary N) is 1. The normalized spacial score (nSPS) is 14.3. The molecule has 74 valence electrons. The number of carbonyl (C=O) groups excluding carboxylic acids is 1. The van der Waals surface area contributed by atoms with Crippen LogP contribution in [0, 0.1) is 11.3 Å². The van der Waals surface area contributed by atoms with Crippen LogP contribution in [0.25, 0.3) is 0 Å². The van der Waals surface area contributed by atoms with Gasteiger partial charge in [0.25, 0.3) is 0 Å². The SMILES string of the molecule is CCC(CC#N)NC(=O)[C@@H](N)CC. The summed E-state index contributed by atoms with van der Waals surface area (Å²) in [6.07, 6.45) is 1.73. The molecule has 0 saturated heterocycles. The molecule has 0 aliphatic heterocycles. The fraction of sp³-hybridized carbons (Fsp3) is 0.778. The van der Waals surface area contributed by atoms with Gasteiger partial charge in [0.05, 0.1) is 18.5 Å². The highest BCUT2D eigenvalue weighted by molar-refractivity contribution is 5.81. The first kappa shape index (κ1) is 11.9. The fourth-order valence-corrected chi connectivity index (χ4v) is 0.901. The second-order valence-corrected chi connectivity index (χ2v) is 2.99. The zero-order valence-corrected chi connectivity index (χ0v) is 8.21. The van der Waals surface area contributed by atoms with Crippen LogP contribution in [0.15, 0.2) is 0 Å². The first-order valence-corrected chi connectivity index (χ1v) is 4.58. The van der Waals surface area contributed by atoms with Gasteiger partial charge in [0.2, 0.25) is 5.91 Å². The summed E-state index contributed by atoms with van der Waals surface area (Å²) in [5.41, 5.74) is 5.52. The van der Waals surface area contributed by atoms with Crippen molar-refractivity contribution < 1.29 is 4.79 Å². The van der Waals surface area contributed by atoms with Gasteiger partial charge in [-0.15, -0.1) is 0 Å². The van der Waals surface area contributed by atoms with Gasteiger partial charge < -0.3 is 11.1 Å². The molecule has 0 aliphatic rings. The van der Waals surface area contributed by atoms with Gasteiger partial charge in [0.15, 0.2) is 0 Å². The lowest BCUT2D eigenvalue weighted by atomic mass is 10.1. The molecule has 0 aromatic rings. The lowest BCUT2D eigenvalue weighted by Gasteiger charge is -2.16. The monoisotopic (exact) mass is 183 g/mol. The molecule has 0 heterocycles. The molecule has 0 aromatic carbocycles. The van der Waals surface area contributed by atoms with Crippen molar-refractivity contribution >= 4 is 5.91 Å². The number of rotatable bonds is 5. The molecule has 0 rings (SSSR count). The van der Waals surface area contributed by atoms with Crippen LogP contribution in [-0.4, -0.2) is 18.0 Å². The van der Waals surface area contributed by atoms with Crippen molar-refractivity contribution in [3.63, 3.8) is 0 Å². The summed E-state index contributed by atoms with van der Waals surface area (Å²) in [7, 11) is 0. The van der Waals surface area contributed by atoms with Gasteiger partial charge in [-0.05, 0) is 12.8 Å². The highest BCUT2D eigenvalue weighted by Gasteiger charge is 2.14. The van der Waals surface area contributed by atoms with Crippen LogP contribution in [0.2, 0.25) is 0 Å². The van der Waals surface area contributed by atoms with Gasteiger partial charge >= 0.3 is 0 Å². The van der Waals surface area contributed by atoms with Gasteiger partial charge in [0, 0.05) is 6.04 Å². The molecule has 0 fully saturated rings. The Morgan fingerprint density at radius 1 is 1.54 bits per heavy atom. The van der Waals surface area contributed by atoms with Crippen LogP contribution < -0.4 is 11.1 Å². The van der Waals surface area contributed by atoms with Crippen LogP contribution >= 0.6 is 0 Å². The molecular weight excluding hydrogens is 166 g/mol. The zero-order valence-electron chi connectivity index (χ0n) is 8.21. The number of carbonyl (C=O) groups is 1. The Bertz CT molecular complexity index is 198. The molecule has 0 bridgehead atoms. The summed E-state index contributed by atoms with van der Waals surface area (Å²) in [6, 6.07) is 1.51. The zero-order chi connectivity index (χ0) is 10.3. The van der Waals surface area contributed by atoms with E-state index in [4.69, 9.17) is 11.0 Å². The smallest absolute Gasteiger partial charge is 0.237 e. The van der Waals surface area contributed by atoms with Crippen molar-refractivity contribution in [2.24, 2.45) is 5.73 Å². The predicted octanol–water partition coefficient (Wildman–Crippen LogP) is 0.532. The van der Waals surface area contributed by atoms with Crippen molar-refractivity contribution in [2.45, 2.75) is 45.2 Å². The number of nitriles is 1. The Morgan fingerprint density at radius 2 is 2.15 bits per heavy atom. The van der Waals surface area contributed by atoms with E-state index in [1.54, 1.807) is 0 Å². The van der Waals surface area contributed by atoms with Crippen molar-refractivity contribution in [3.05, 3.63) is 0 Å². The lowest BCUT2D eigenvalue weighted by Crippen LogP contribution is -2.44. The van der Waals surface area contributed by atoms with E-state index in [0.717, 1.165) is 6.42 Å². The van der Waals surface area contributed by atoms with Crippen molar-refractivity contribution in [3.8, 4) is 6.07 Å². The van der Waals surface area contributed by atoms with Gasteiger partial charge in [-0.2, -0.15) is 5.26 Å². The fourth-order valence-electron chi connectivity index (χ4n) is 0.901. The maximum absolute atomic E-state index is 11.3.